The summed E-state index contributed by atoms with van der Waals surface area (Å²) in [4.78, 5) is 4.41. The van der Waals surface area contributed by atoms with Gasteiger partial charge < -0.3 is 9.88 Å². The van der Waals surface area contributed by atoms with Crippen molar-refractivity contribution >= 4 is 5.95 Å². The smallest absolute Gasteiger partial charge is 0.203 e. The van der Waals surface area contributed by atoms with E-state index in [-0.39, 0.29) is 0 Å². The lowest BCUT2D eigenvalue weighted by Gasteiger charge is -2.06. The maximum atomic E-state index is 4.45. The van der Waals surface area contributed by atoms with Crippen molar-refractivity contribution in [1.82, 2.24) is 19.3 Å². The molecule has 0 aliphatic carbocycles. The molecule has 2 heterocycles. The normalized spacial score (nSPS) is 10.8. The SMILES string of the molecule is CCc1nn(C)cc1Cn1cc(C)nc1NC. The van der Waals surface area contributed by atoms with Crippen molar-refractivity contribution in [3.05, 3.63) is 29.3 Å². The number of rotatable bonds is 4. The van der Waals surface area contributed by atoms with Gasteiger partial charge in [0.2, 0.25) is 5.95 Å². The summed E-state index contributed by atoms with van der Waals surface area (Å²) in [5.41, 5.74) is 3.43. The fourth-order valence-electron chi connectivity index (χ4n) is 2.06. The maximum absolute atomic E-state index is 4.45. The largest absolute Gasteiger partial charge is 0.359 e. The topological polar surface area (TPSA) is 47.7 Å². The highest BCUT2D eigenvalue weighted by atomic mass is 15.3. The molecule has 0 bridgehead atoms. The molecule has 2 aromatic rings. The molecule has 0 saturated heterocycles. The average Bonchev–Trinajstić information content (AvgIpc) is 2.82. The average molecular weight is 233 g/mol. The number of aromatic nitrogens is 4. The van der Waals surface area contributed by atoms with Crippen LogP contribution in [0.25, 0.3) is 0 Å². The van der Waals surface area contributed by atoms with E-state index in [4.69, 9.17) is 0 Å². The summed E-state index contributed by atoms with van der Waals surface area (Å²) in [6.07, 6.45) is 5.09. The number of nitrogens with zero attached hydrogens (tertiary/aromatic N) is 4. The fraction of sp³-hybridized carbons (Fsp3) is 0.500. The van der Waals surface area contributed by atoms with Crippen molar-refractivity contribution in [3.63, 3.8) is 0 Å². The van der Waals surface area contributed by atoms with Crippen LogP contribution in [0.1, 0.15) is 23.9 Å². The van der Waals surface area contributed by atoms with Crippen LogP contribution in [0.3, 0.4) is 0 Å². The van der Waals surface area contributed by atoms with Crippen molar-refractivity contribution in [2.75, 3.05) is 12.4 Å². The first kappa shape index (κ1) is 11.7. The van der Waals surface area contributed by atoms with Gasteiger partial charge in [-0.2, -0.15) is 5.10 Å². The minimum Gasteiger partial charge on any atom is -0.359 e. The van der Waals surface area contributed by atoms with Crippen LogP contribution in [0, 0.1) is 6.92 Å². The Labute approximate surface area is 101 Å². The molecule has 17 heavy (non-hydrogen) atoms. The Morgan fingerprint density at radius 2 is 2.12 bits per heavy atom. The standard InChI is InChI=1S/C12H19N5/c1-5-11-10(7-16(4)15-11)8-17-6-9(2)14-12(17)13-3/h6-7H,5,8H2,1-4H3,(H,13,14). The second-order valence-electron chi connectivity index (χ2n) is 4.21. The number of hydrogen-bond acceptors (Lipinski definition) is 3. The lowest BCUT2D eigenvalue weighted by molar-refractivity contribution is 0.746. The summed E-state index contributed by atoms with van der Waals surface area (Å²) in [6.45, 7) is 4.94. The molecule has 0 unspecified atom stereocenters. The molecule has 0 atom stereocenters. The highest BCUT2D eigenvalue weighted by molar-refractivity contribution is 5.30. The Balaban J connectivity index is 2.30. The molecule has 92 valence electrons. The van der Waals surface area contributed by atoms with Crippen LogP contribution in [-0.2, 0) is 20.0 Å². The van der Waals surface area contributed by atoms with Crippen molar-refractivity contribution < 1.29 is 0 Å². The monoisotopic (exact) mass is 233 g/mol. The van der Waals surface area contributed by atoms with Crippen LogP contribution in [0.2, 0.25) is 0 Å². The third kappa shape index (κ3) is 2.33. The van der Waals surface area contributed by atoms with Gasteiger partial charge in [0.1, 0.15) is 0 Å². The Bertz CT molecular complexity index is 463. The van der Waals surface area contributed by atoms with E-state index in [1.165, 1.54) is 5.56 Å². The molecule has 0 aliphatic heterocycles. The highest BCUT2D eigenvalue weighted by Crippen LogP contribution is 2.14. The minimum atomic E-state index is 0.814. The zero-order valence-corrected chi connectivity index (χ0v) is 10.9. The fourth-order valence-corrected chi connectivity index (χ4v) is 2.06. The summed E-state index contributed by atoms with van der Waals surface area (Å²) >= 11 is 0. The molecular weight excluding hydrogens is 214 g/mol. The van der Waals surface area contributed by atoms with Crippen LogP contribution in [-0.4, -0.2) is 26.4 Å². The molecule has 0 amide bonds. The Morgan fingerprint density at radius 1 is 1.35 bits per heavy atom. The molecule has 5 heteroatoms. The second kappa shape index (κ2) is 4.61. The molecule has 0 radical (unpaired) electrons. The van der Waals surface area contributed by atoms with Gasteiger partial charge in [-0.1, -0.05) is 6.92 Å². The molecule has 5 nitrogen and oxygen atoms in total. The molecule has 0 spiro atoms. The van der Waals surface area contributed by atoms with Gasteiger partial charge in [-0.25, -0.2) is 4.98 Å². The summed E-state index contributed by atoms with van der Waals surface area (Å²) < 4.78 is 3.99. The van der Waals surface area contributed by atoms with E-state index >= 15 is 0 Å². The van der Waals surface area contributed by atoms with Crippen molar-refractivity contribution in [3.8, 4) is 0 Å². The van der Waals surface area contributed by atoms with Crippen molar-refractivity contribution in [1.29, 1.82) is 0 Å². The lowest BCUT2D eigenvalue weighted by Crippen LogP contribution is -2.05. The Morgan fingerprint density at radius 3 is 2.76 bits per heavy atom. The van der Waals surface area contributed by atoms with Gasteiger partial charge in [0, 0.05) is 32.1 Å². The number of aryl methyl sites for hydroxylation is 3. The van der Waals surface area contributed by atoms with Gasteiger partial charge in [0.25, 0.3) is 0 Å². The summed E-state index contributed by atoms with van der Waals surface area (Å²) in [6, 6.07) is 0. The van der Waals surface area contributed by atoms with Gasteiger partial charge in [-0.3, -0.25) is 4.68 Å². The third-order valence-corrected chi connectivity index (χ3v) is 2.79. The van der Waals surface area contributed by atoms with Crippen LogP contribution < -0.4 is 5.32 Å². The maximum Gasteiger partial charge on any atom is 0.203 e. The molecule has 2 rings (SSSR count). The Hall–Kier alpha value is -1.78. The van der Waals surface area contributed by atoms with E-state index in [0.29, 0.717) is 0 Å². The number of anilines is 1. The summed E-state index contributed by atoms with van der Waals surface area (Å²) in [5, 5.41) is 7.56. The van der Waals surface area contributed by atoms with E-state index in [1.807, 2.05) is 25.7 Å². The first-order valence-corrected chi connectivity index (χ1v) is 5.87. The van der Waals surface area contributed by atoms with Crippen molar-refractivity contribution in [2.45, 2.75) is 26.8 Å². The molecular formula is C12H19N5. The molecule has 2 aromatic heterocycles. The van der Waals surface area contributed by atoms with Gasteiger partial charge >= 0.3 is 0 Å². The summed E-state index contributed by atoms with van der Waals surface area (Å²) in [7, 11) is 3.85. The number of imidazole rings is 1. The third-order valence-electron chi connectivity index (χ3n) is 2.79. The number of hydrogen-bond donors (Lipinski definition) is 1. The second-order valence-corrected chi connectivity index (χ2v) is 4.21. The van der Waals surface area contributed by atoms with E-state index in [9.17, 15) is 0 Å². The predicted octanol–water partition coefficient (Wildman–Crippen LogP) is 1.58. The van der Waals surface area contributed by atoms with E-state index < -0.39 is 0 Å². The van der Waals surface area contributed by atoms with E-state index in [1.54, 1.807) is 0 Å². The van der Waals surface area contributed by atoms with E-state index in [2.05, 4.69) is 39.3 Å². The number of nitrogens with one attached hydrogen (secondary N) is 1. The van der Waals surface area contributed by atoms with Crippen LogP contribution in [0.5, 0.6) is 0 Å². The van der Waals surface area contributed by atoms with Gasteiger partial charge in [-0.15, -0.1) is 0 Å². The van der Waals surface area contributed by atoms with Crippen LogP contribution in [0.15, 0.2) is 12.4 Å². The minimum absolute atomic E-state index is 0.814. The lowest BCUT2D eigenvalue weighted by atomic mass is 10.2. The quantitative estimate of drug-likeness (QED) is 0.872. The van der Waals surface area contributed by atoms with Gasteiger partial charge in [-0.05, 0) is 13.3 Å². The van der Waals surface area contributed by atoms with E-state index in [0.717, 1.165) is 30.3 Å². The zero-order chi connectivity index (χ0) is 12.4. The first-order chi connectivity index (χ1) is 8.13. The summed E-state index contributed by atoms with van der Waals surface area (Å²) in [5.74, 6) is 0.897. The van der Waals surface area contributed by atoms with Crippen LogP contribution in [0.4, 0.5) is 5.95 Å². The Kier molecular flexibility index (Phi) is 3.17. The first-order valence-electron chi connectivity index (χ1n) is 5.87. The van der Waals surface area contributed by atoms with Crippen molar-refractivity contribution in [2.24, 2.45) is 7.05 Å². The van der Waals surface area contributed by atoms with Gasteiger partial charge in [0.15, 0.2) is 0 Å². The molecule has 0 fully saturated rings. The molecule has 1 N–H and O–H groups in total. The zero-order valence-electron chi connectivity index (χ0n) is 10.9. The van der Waals surface area contributed by atoms with Gasteiger partial charge in [0.05, 0.1) is 17.9 Å². The molecule has 0 saturated carbocycles. The predicted molar refractivity (Wildman–Crippen MR) is 68.2 cm³/mol. The molecule has 0 aliphatic rings. The van der Waals surface area contributed by atoms with Crippen LogP contribution >= 0.6 is 0 Å². The molecule has 0 aromatic carbocycles. The highest BCUT2D eigenvalue weighted by Gasteiger charge is 2.09.